The monoisotopic (exact) mass is 189 g/mol. The summed E-state index contributed by atoms with van der Waals surface area (Å²) in [5, 5.41) is 8.53. The van der Waals surface area contributed by atoms with Crippen molar-refractivity contribution in [1.82, 2.24) is 5.48 Å². The van der Waals surface area contributed by atoms with Crippen molar-refractivity contribution >= 4 is 0 Å². The highest BCUT2D eigenvalue weighted by molar-refractivity contribution is 4.43. The molecule has 0 spiro atoms. The summed E-state index contributed by atoms with van der Waals surface area (Å²) in [4.78, 5) is 5.20. The molecule has 80 valence electrons. The van der Waals surface area contributed by atoms with Crippen molar-refractivity contribution < 1.29 is 9.94 Å². The van der Waals surface area contributed by atoms with Gasteiger partial charge in [0.25, 0.3) is 0 Å². The zero-order valence-electron chi connectivity index (χ0n) is 8.88. The van der Waals surface area contributed by atoms with Gasteiger partial charge in [-0.3, -0.25) is 0 Å². The molecule has 0 aromatic rings. The van der Waals surface area contributed by atoms with Crippen molar-refractivity contribution in [3.63, 3.8) is 0 Å². The van der Waals surface area contributed by atoms with Crippen LogP contribution in [0.3, 0.4) is 0 Å². The van der Waals surface area contributed by atoms with Crippen LogP contribution in [-0.4, -0.2) is 24.9 Å². The second kappa shape index (κ2) is 9.96. The summed E-state index contributed by atoms with van der Waals surface area (Å²) < 4.78 is 0. The van der Waals surface area contributed by atoms with Gasteiger partial charge in [-0.25, -0.2) is 5.48 Å². The fourth-order valence-corrected chi connectivity index (χ4v) is 0.960. The third-order valence-electron chi connectivity index (χ3n) is 1.71. The number of aliphatic hydroxyl groups excluding tert-OH is 1. The normalized spacial score (nSPS) is 11.1. The van der Waals surface area contributed by atoms with E-state index in [1.165, 1.54) is 6.42 Å². The van der Waals surface area contributed by atoms with Crippen molar-refractivity contribution in [2.45, 2.75) is 39.5 Å². The van der Waals surface area contributed by atoms with Gasteiger partial charge in [0.05, 0.1) is 6.61 Å². The fraction of sp³-hybridized carbons (Fsp3) is 1.00. The number of hydroxylamine groups is 1. The smallest absolute Gasteiger partial charge is 0.0705 e. The van der Waals surface area contributed by atoms with Crippen LogP contribution >= 0.6 is 0 Å². The minimum atomic E-state index is 0.317. The highest BCUT2D eigenvalue weighted by atomic mass is 16.6. The van der Waals surface area contributed by atoms with Gasteiger partial charge in [-0.2, -0.15) is 0 Å². The van der Waals surface area contributed by atoms with Crippen LogP contribution in [0.4, 0.5) is 0 Å². The van der Waals surface area contributed by atoms with Crippen LogP contribution in [0, 0.1) is 5.92 Å². The van der Waals surface area contributed by atoms with E-state index in [9.17, 15) is 0 Å². The van der Waals surface area contributed by atoms with Gasteiger partial charge in [0.1, 0.15) is 0 Å². The quantitative estimate of drug-likeness (QED) is 0.428. The lowest BCUT2D eigenvalue weighted by atomic mass is 10.2. The van der Waals surface area contributed by atoms with Gasteiger partial charge in [0.2, 0.25) is 0 Å². The molecule has 0 saturated heterocycles. The molecule has 0 aliphatic heterocycles. The lowest BCUT2D eigenvalue weighted by Gasteiger charge is -2.07. The van der Waals surface area contributed by atoms with E-state index >= 15 is 0 Å². The summed E-state index contributed by atoms with van der Waals surface area (Å²) in [6.45, 7) is 6.26. The topological polar surface area (TPSA) is 41.5 Å². The van der Waals surface area contributed by atoms with Gasteiger partial charge in [-0.15, -0.1) is 0 Å². The summed E-state index contributed by atoms with van der Waals surface area (Å²) in [5.74, 6) is 0.585. The molecule has 0 unspecified atom stereocenters. The van der Waals surface area contributed by atoms with Gasteiger partial charge < -0.3 is 9.94 Å². The number of aliphatic hydroxyl groups is 1. The lowest BCUT2D eigenvalue weighted by molar-refractivity contribution is 0.0231. The van der Waals surface area contributed by atoms with Gasteiger partial charge in [0.15, 0.2) is 0 Å². The first-order valence-corrected chi connectivity index (χ1v) is 5.23. The second-order valence-corrected chi connectivity index (χ2v) is 3.74. The van der Waals surface area contributed by atoms with Crippen molar-refractivity contribution in [3.05, 3.63) is 0 Å². The SMILES string of the molecule is CC(C)CONCCCCCCO. The summed E-state index contributed by atoms with van der Waals surface area (Å²) in [7, 11) is 0. The van der Waals surface area contributed by atoms with E-state index < -0.39 is 0 Å². The van der Waals surface area contributed by atoms with Crippen LogP contribution < -0.4 is 5.48 Å². The summed E-state index contributed by atoms with van der Waals surface area (Å²) in [6.07, 6.45) is 4.33. The van der Waals surface area contributed by atoms with Gasteiger partial charge in [-0.1, -0.05) is 26.7 Å². The Morgan fingerprint density at radius 1 is 1.15 bits per heavy atom. The molecule has 0 saturated carbocycles. The zero-order chi connectivity index (χ0) is 9.94. The molecule has 0 radical (unpaired) electrons. The molecule has 0 aliphatic rings. The standard InChI is InChI=1S/C10H23NO2/c1-10(2)9-13-11-7-5-3-4-6-8-12/h10-12H,3-9H2,1-2H3. The number of unbranched alkanes of at least 4 members (excludes halogenated alkanes) is 3. The van der Waals surface area contributed by atoms with Crippen LogP contribution in [0.2, 0.25) is 0 Å². The first-order chi connectivity index (χ1) is 6.27. The van der Waals surface area contributed by atoms with Crippen LogP contribution in [-0.2, 0) is 4.84 Å². The maximum absolute atomic E-state index is 8.53. The molecule has 2 N–H and O–H groups in total. The molecule has 13 heavy (non-hydrogen) atoms. The maximum Gasteiger partial charge on any atom is 0.0705 e. The molecule has 0 aromatic carbocycles. The highest BCUT2D eigenvalue weighted by Crippen LogP contribution is 1.97. The van der Waals surface area contributed by atoms with Crippen molar-refractivity contribution in [2.75, 3.05) is 19.8 Å². The third-order valence-corrected chi connectivity index (χ3v) is 1.71. The van der Waals surface area contributed by atoms with E-state index in [1.807, 2.05) is 0 Å². The predicted octanol–water partition coefficient (Wildman–Crippen LogP) is 1.72. The third kappa shape index (κ3) is 11.9. The lowest BCUT2D eigenvalue weighted by Crippen LogP contribution is -2.18. The first kappa shape index (κ1) is 12.9. The summed E-state index contributed by atoms with van der Waals surface area (Å²) in [6, 6.07) is 0. The zero-order valence-corrected chi connectivity index (χ0v) is 8.88. The summed E-state index contributed by atoms with van der Waals surface area (Å²) >= 11 is 0. The summed E-state index contributed by atoms with van der Waals surface area (Å²) in [5.41, 5.74) is 2.93. The number of hydrogen-bond donors (Lipinski definition) is 2. The van der Waals surface area contributed by atoms with Gasteiger partial charge >= 0.3 is 0 Å². The van der Waals surface area contributed by atoms with E-state index in [2.05, 4.69) is 19.3 Å². The molecule has 3 nitrogen and oxygen atoms in total. The van der Waals surface area contributed by atoms with E-state index in [0.717, 1.165) is 32.4 Å². The van der Waals surface area contributed by atoms with Crippen LogP contribution in [0.15, 0.2) is 0 Å². The molecule has 0 rings (SSSR count). The fourth-order valence-electron chi connectivity index (χ4n) is 0.960. The van der Waals surface area contributed by atoms with E-state index in [-0.39, 0.29) is 0 Å². The molecule has 0 atom stereocenters. The molecule has 0 aliphatic carbocycles. The minimum absolute atomic E-state index is 0.317. The molecule has 0 aromatic heterocycles. The molecular weight excluding hydrogens is 166 g/mol. The maximum atomic E-state index is 8.53. The molecule has 0 fully saturated rings. The Morgan fingerprint density at radius 2 is 1.85 bits per heavy atom. The number of rotatable bonds is 9. The number of nitrogens with one attached hydrogen (secondary N) is 1. The Balaban J connectivity index is 2.84. The van der Waals surface area contributed by atoms with Crippen molar-refractivity contribution in [1.29, 1.82) is 0 Å². The minimum Gasteiger partial charge on any atom is -0.396 e. The average molecular weight is 189 g/mol. The van der Waals surface area contributed by atoms with Gasteiger partial charge in [0, 0.05) is 13.2 Å². The Bertz CT molecular complexity index is 96.9. The van der Waals surface area contributed by atoms with Gasteiger partial charge in [-0.05, 0) is 18.8 Å². The van der Waals surface area contributed by atoms with E-state index in [1.54, 1.807) is 0 Å². The Labute approximate surface area is 81.4 Å². The molecule has 0 heterocycles. The molecular formula is C10H23NO2. The largest absolute Gasteiger partial charge is 0.396 e. The van der Waals surface area contributed by atoms with Crippen LogP contribution in [0.25, 0.3) is 0 Å². The average Bonchev–Trinajstić information content (AvgIpc) is 2.09. The Hall–Kier alpha value is -0.120. The predicted molar refractivity (Wildman–Crippen MR) is 54.3 cm³/mol. The Morgan fingerprint density at radius 3 is 2.46 bits per heavy atom. The van der Waals surface area contributed by atoms with Crippen LogP contribution in [0.5, 0.6) is 0 Å². The van der Waals surface area contributed by atoms with Crippen molar-refractivity contribution in [2.24, 2.45) is 5.92 Å². The van der Waals surface area contributed by atoms with Crippen molar-refractivity contribution in [3.8, 4) is 0 Å². The van der Waals surface area contributed by atoms with E-state index in [0.29, 0.717) is 12.5 Å². The molecule has 0 amide bonds. The first-order valence-electron chi connectivity index (χ1n) is 5.23. The number of hydrogen-bond acceptors (Lipinski definition) is 3. The second-order valence-electron chi connectivity index (χ2n) is 3.74. The molecule has 0 bridgehead atoms. The highest BCUT2D eigenvalue weighted by Gasteiger charge is 1.93. The Kier molecular flexibility index (Phi) is 9.87. The molecule has 3 heteroatoms. The van der Waals surface area contributed by atoms with E-state index in [4.69, 9.17) is 9.94 Å². The van der Waals surface area contributed by atoms with Crippen LogP contribution in [0.1, 0.15) is 39.5 Å².